The smallest absolute Gasteiger partial charge is 0.407 e. The van der Waals surface area contributed by atoms with Gasteiger partial charge in [0.2, 0.25) is 0 Å². The summed E-state index contributed by atoms with van der Waals surface area (Å²) < 4.78 is 11.6. The quantitative estimate of drug-likeness (QED) is 0.397. The predicted octanol–water partition coefficient (Wildman–Crippen LogP) is -1.56. The summed E-state index contributed by atoms with van der Waals surface area (Å²) in [5, 5.41) is 32.3. The minimum absolute atomic E-state index is 0.0402. The first-order valence-corrected chi connectivity index (χ1v) is 8.82. The summed E-state index contributed by atoms with van der Waals surface area (Å²) in [5.41, 5.74) is -0.766. The van der Waals surface area contributed by atoms with Crippen molar-refractivity contribution >= 4 is 6.09 Å². The van der Waals surface area contributed by atoms with Crippen molar-refractivity contribution in [2.45, 2.75) is 37.2 Å². The number of aliphatic hydroxyl groups excluding tert-OH is 3. The first-order chi connectivity index (χ1) is 13.9. The standard InChI is InChI=1S/C18H21N3O8/c22-8-11-14(24)15(25)13(16(29-11)21-7-6-12(23)19-17(21)26)20-18(27)28-9-10-4-2-1-3-5-10/h1-7,11,13-16,22,24-25H,8-9H2,(H,20,27)(H,19,23,26). The zero-order valence-corrected chi connectivity index (χ0v) is 15.2. The lowest BCUT2D eigenvalue weighted by atomic mass is 9.96. The Hall–Kier alpha value is -2.99. The van der Waals surface area contributed by atoms with E-state index in [9.17, 15) is 29.7 Å². The first kappa shape index (κ1) is 20.7. The number of H-pyrrole nitrogens is 1. The van der Waals surface area contributed by atoms with E-state index in [4.69, 9.17) is 9.47 Å². The fourth-order valence-corrected chi connectivity index (χ4v) is 3.02. The molecule has 1 aliphatic rings. The molecule has 5 N–H and O–H groups in total. The van der Waals surface area contributed by atoms with Crippen molar-refractivity contribution in [3.8, 4) is 0 Å². The Balaban J connectivity index is 1.80. The fourth-order valence-electron chi connectivity index (χ4n) is 3.02. The normalized spacial score (nSPS) is 26.7. The Labute approximate surface area is 164 Å². The SMILES string of the molecule is O=C(NC1C(O)C(O)C(CO)OC1n1ccc(=O)[nH]c1=O)OCc1ccccc1. The van der Waals surface area contributed by atoms with Gasteiger partial charge in [-0.05, 0) is 5.56 Å². The predicted molar refractivity (Wildman–Crippen MR) is 97.9 cm³/mol. The zero-order chi connectivity index (χ0) is 21.0. The number of amides is 1. The molecule has 29 heavy (non-hydrogen) atoms. The highest BCUT2D eigenvalue weighted by Gasteiger charge is 2.46. The van der Waals surface area contributed by atoms with E-state index in [-0.39, 0.29) is 6.61 Å². The van der Waals surface area contributed by atoms with Gasteiger partial charge in [0.25, 0.3) is 5.56 Å². The van der Waals surface area contributed by atoms with E-state index < -0.39 is 54.5 Å². The van der Waals surface area contributed by atoms with E-state index >= 15 is 0 Å². The molecule has 0 radical (unpaired) electrons. The first-order valence-electron chi connectivity index (χ1n) is 8.82. The van der Waals surface area contributed by atoms with Crippen LogP contribution in [0.1, 0.15) is 11.8 Å². The lowest BCUT2D eigenvalue weighted by Gasteiger charge is -2.42. The second-order valence-corrected chi connectivity index (χ2v) is 6.48. The maximum absolute atomic E-state index is 12.2. The second-order valence-electron chi connectivity index (χ2n) is 6.48. The average molecular weight is 407 g/mol. The number of benzene rings is 1. The highest BCUT2D eigenvalue weighted by molar-refractivity contribution is 5.67. The molecule has 2 aromatic rings. The van der Waals surface area contributed by atoms with Gasteiger partial charge in [-0.3, -0.25) is 14.3 Å². The number of nitrogens with zero attached hydrogens (tertiary/aromatic N) is 1. The molecule has 3 rings (SSSR count). The molecule has 11 heteroatoms. The molecule has 5 atom stereocenters. The Morgan fingerprint density at radius 2 is 1.90 bits per heavy atom. The van der Waals surface area contributed by atoms with Crippen molar-refractivity contribution in [3.05, 3.63) is 69.0 Å². The monoisotopic (exact) mass is 407 g/mol. The van der Waals surface area contributed by atoms with Gasteiger partial charge in [0, 0.05) is 12.3 Å². The van der Waals surface area contributed by atoms with E-state index in [1.165, 1.54) is 0 Å². The van der Waals surface area contributed by atoms with Crippen LogP contribution in [0.25, 0.3) is 0 Å². The average Bonchev–Trinajstić information content (AvgIpc) is 2.71. The number of hydrogen-bond donors (Lipinski definition) is 5. The number of aliphatic hydroxyl groups is 3. The van der Waals surface area contributed by atoms with Gasteiger partial charge in [0.05, 0.1) is 6.61 Å². The van der Waals surface area contributed by atoms with Crippen LogP contribution in [0.15, 0.2) is 52.2 Å². The largest absolute Gasteiger partial charge is 0.445 e. The van der Waals surface area contributed by atoms with Crippen LogP contribution in [0.4, 0.5) is 4.79 Å². The van der Waals surface area contributed by atoms with Gasteiger partial charge in [-0.1, -0.05) is 30.3 Å². The van der Waals surface area contributed by atoms with Crippen LogP contribution in [0, 0.1) is 0 Å². The lowest BCUT2D eigenvalue weighted by molar-refractivity contribution is -0.216. The molecule has 156 valence electrons. The minimum atomic E-state index is -1.59. The summed E-state index contributed by atoms with van der Waals surface area (Å²) in [7, 11) is 0. The highest BCUT2D eigenvalue weighted by Crippen LogP contribution is 2.27. The maximum atomic E-state index is 12.2. The summed E-state index contributed by atoms with van der Waals surface area (Å²) in [6, 6.07) is 8.62. The zero-order valence-electron chi connectivity index (χ0n) is 15.2. The van der Waals surface area contributed by atoms with Gasteiger partial charge in [-0.2, -0.15) is 0 Å². The van der Waals surface area contributed by atoms with Crippen LogP contribution in [0.2, 0.25) is 0 Å². The van der Waals surface area contributed by atoms with Crippen molar-refractivity contribution in [2.24, 2.45) is 0 Å². The Morgan fingerprint density at radius 3 is 2.55 bits per heavy atom. The Kier molecular flexibility index (Phi) is 6.44. The molecule has 1 aromatic carbocycles. The molecule has 11 nitrogen and oxygen atoms in total. The molecular weight excluding hydrogens is 386 g/mol. The van der Waals surface area contributed by atoms with Crippen molar-refractivity contribution in [1.82, 2.24) is 14.9 Å². The van der Waals surface area contributed by atoms with Crippen molar-refractivity contribution in [2.75, 3.05) is 6.61 Å². The minimum Gasteiger partial charge on any atom is -0.445 e. The van der Waals surface area contributed by atoms with E-state index in [0.717, 1.165) is 22.4 Å². The fraction of sp³-hybridized carbons (Fsp3) is 0.389. The molecule has 5 unspecified atom stereocenters. The molecule has 1 fully saturated rings. The summed E-state index contributed by atoms with van der Waals surface area (Å²) >= 11 is 0. The number of rotatable bonds is 5. The Morgan fingerprint density at radius 1 is 1.17 bits per heavy atom. The third kappa shape index (κ3) is 4.71. The van der Waals surface area contributed by atoms with Crippen molar-refractivity contribution in [1.29, 1.82) is 0 Å². The summed E-state index contributed by atoms with van der Waals surface area (Å²) in [4.78, 5) is 37.7. The Bertz CT molecular complexity index is 944. The van der Waals surface area contributed by atoms with Crippen molar-refractivity contribution < 1.29 is 29.6 Å². The molecule has 1 aliphatic heterocycles. The second kappa shape index (κ2) is 9.01. The third-order valence-corrected chi connectivity index (χ3v) is 4.52. The molecule has 0 bridgehead atoms. The summed E-state index contributed by atoms with van der Waals surface area (Å²) in [5.74, 6) is 0. The number of hydrogen-bond acceptors (Lipinski definition) is 8. The third-order valence-electron chi connectivity index (χ3n) is 4.52. The maximum Gasteiger partial charge on any atom is 0.407 e. The molecular formula is C18H21N3O8. The number of nitrogens with one attached hydrogen (secondary N) is 2. The van der Waals surface area contributed by atoms with Gasteiger partial charge in [0.1, 0.15) is 31.0 Å². The van der Waals surface area contributed by atoms with Crippen LogP contribution in [-0.2, 0) is 16.1 Å². The van der Waals surface area contributed by atoms with E-state index in [1.54, 1.807) is 24.3 Å². The molecule has 1 aromatic heterocycles. The molecule has 0 aliphatic carbocycles. The van der Waals surface area contributed by atoms with Gasteiger partial charge >= 0.3 is 11.8 Å². The summed E-state index contributed by atoms with van der Waals surface area (Å²) in [6.45, 7) is -0.681. The number of aromatic nitrogens is 2. The van der Waals surface area contributed by atoms with E-state index in [1.807, 2.05) is 11.1 Å². The number of aromatic amines is 1. The van der Waals surface area contributed by atoms with Crippen LogP contribution < -0.4 is 16.6 Å². The number of carbonyl (C=O) groups excluding carboxylic acids is 1. The van der Waals surface area contributed by atoms with Crippen molar-refractivity contribution in [3.63, 3.8) is 0 Å². The number of ether oxygens (including phenoxy) is 2. The topological polar surface area (TPSA) is 163 Å². The number of carbonyl (C=O) groups is 1. The van der Waals surface area contributed by atoms with Crippen LogP contribution >= 0.6 is 0 Å². The van der Waals surface area contributed by atoms with E-state index in [0.29, 0.717) is 0 Å². The molecule has 1 saturated heterocycles. The highest BCUT2D eigenvalue weighted by atomic mass is 16.6. The number of alkyl carbamates (subject to hydrolysis) is 1. The molecule has 0 spiro atoms. The van der Waals surface area contributed by atoms with Gasteiger partial charge in [0.15, 0.2) is 6.23 Å². The van der Waals surface area contributed by atoms with Crippen LogP contribution in [0.5, 0.6) is 0 Å². The van der Waals surface area contributed by atoms with Crippen LogP contribution in [-0.4, -0.2) is 61.9 Å². The van der Waals surface area contributed by atoms with E-state index in [2.05, 4.69) is 5.32 Å². The van der Waals surface area contributed by atoms with Gasteiger partial charge < -0.3 is 30.1 Å². The van der Waals surface area contributed by atoms with Crippen LogP contribution in [0.3, 0.4) is 0 Å². The lowest BCUT2D eigenvalue weighted by Crippen LogP contribution is -2.63. The molecule has 2 heterocycles. The van der Waals surface area contributed by atoms with Gasteiger partial charge in [-0.25, -0.2) is 9.59 Å². The van der Waals surface area contributed by atoms with Gasteiger partial charge in [-0.15, -0.1) is 0 Å². The molecule has 1 amide bonds. The summed E-state index contributed by atoms with van der Waals surface area (Å²) in [6.07, 6.45) is -5.46. The molecule has 0 saturated carbocycles.